The van der Waals surface area contributed by atoms with Gasteiger partial charge in [0.25, 0.3) is 0 Å². The second kappa shape index (κ2) is 6.66. The number of nitrogens with one attached hydrogen (secondary N) is 1. The molecule has 0 unspecified atom stereocenters. The van der Waals surface area contributed by atoms with Crippen molar-refractivity contribution in [1.82, 2.24) is 0 Å². The SMILES string of the molecule is C[C@@H]1CC[C@@]23CCC(=O)[C@H]2[C@]1(C)[C@H](OC(=O)CO)C[C@@](C)(C=N)[C@@H](O)[C@@H]3C. The first-order chi connectivity index (χ1) is 12.6. The summed E-state index contributed by atoms with van der Waals surface area (Å²) in [7, 11) is 0. The number of ether oxygens (including phenoxy) is 1. The molecule has 0 heterocycles. The molecule has 3 aliphatic rings. The highest BCUT2D eigenvalue weighted by Crippen LogP contribution is 2.67. The summed E-state index contributed by atoms with van der Waals surface area (Å²) in [5, 5.41) is 28.5. The van der Waals surface area contributed by atoms with Gasteiger partial charge >= 0.3 is 5.97 Å². The maximum absolute atomic E-state index is 13.1. The summed E-state index contributed by atoms with van der Waals surface area (Å²) in [6, 6.07) is 0. The lowest BCUT2D eigenvalue weighted by Crippen LogP contribution is -2.63. The van der Waals surface area contributed by atoms with Crippen molar-refractivity contribution in [1.29, 1.82) is 5.41 Å². The second-order valence-corrected chi connectivity index (χ2v) is 9.66. The molecule has 6 nitrogen and oxygen atoms in total. The number of rotatable bonds is 3. The van der Waals surface area contributed by atoms with Crippen LogP contribution in [0.15, 0.2) is 0 Å². The van der Waals surface area contributed by atoms with E-state index in [2.05, 4.69) is 6.92 Å². The van der Waals surface area contributed by atoms with Gasteiger partial charge in [-0.25, -0.2) is 4.79 Å². The summed E-state index contributed by atoms with van der Waals surface area (Å²) in [5.41, 5.74) is -1.76. The van der Waals surface area contributed by atoms with Crippen LogP contribution in [0.2, 0.25) is 0 Å². The minimum Gasteiger partial charge on any atom is -0.460 e. The van der Waals surface area contributed by atoms with Crippen molar-refractivity contribution in [2.45, 2.75) is 72.0 Å². The van der Waals surface area contributed by atoms with Crippen LogP contribution in [0.4, 0.5) is 0 Å². The van der Waals surface area contributed by atoms with Crippen LogP contribution in [-0.2, 0) is 14.3 Å². The zero-order valence-electron chi connectivity index (χ0n) is 16.8. The van der Waals surface area contributed by atoms with Gasteiger partial charge in [-0.3, -0.25) is 4.79 Å². The Morgan fingerprint density at radius 1 is 1.33 bits per heavy atom. The van der Waals surface area contributed by atoms with Gasteiger partial charge in [0, 0.05) is 29.4 Å². The number of aliphatic hydroxyl groups excluding tert-OH is 2. The Hall–Kier alpha value is -1.27. The molecule has 3 aliphatic carbocycles. The molecule has 0 aliphatic heterocycles. The van der Waals surface area contributed by atoms with Crippen molar-refractivity contribution in [2.24, 2.45) is 34.0 Å². The fourth-order valence-corrected chi connectivity index (χ4v) is 6.64. The number of Topliss-reactive ketones (excluding diaryl/α,β-unsaturated/α-hetero) is 1. The lowest BCUT2D eigenvalue weighted by atomic mass is 9.44. The number of carbonyl (C=O) groups is 2. The summed E-state index contributed by atoms with van der Waals surface area (Å²) in [4.78, 5) is 25.1. The van der Waals surface area contributed by atoms with Crippen molar-refractivity contribution >= 4 is 18.0 Å². The molecule has 6 heteroatoms. The summed E-state index contributed by atoms with van der Waals surface area (Å²) in [6.45, 7) is 7.29. The van der Waals surface area contributed by atoms with Gasteiger partial charge in [-0.15, -0.1) is 0 Å². The fourth-order valence-electron chi connectivity index (χ4n) is 6.64. The molecule has 0 radical (unpaired) electrons. The third kappa shape index (κ3) is 2.70. The number of hydrogen-bond donors (Lipinski definition) is 3. The van der Waals surface area contributed by atoms with Crippen molar-refractivity contribution in [2.75, 3.05) is 6.61 Å². The van der Waals surface area contributed by atoms with Gasteiger partial charge in [-0.05, 0) is 42.9 Å². The van der Waals surface area contributed by atoms with Crippen molar-refractivity contribution in [3.8, 4) is 0 Å². The Labute approximate surface area is 161 Å². The van der Waals surface area contributed by atoms with Gasteiger partial charge in [-0.2, -0.15) is 0 Å². The zero-order chi connectivity index (χ0) is 20.2. The van der Waals surface area contributed by atoms with Crippen LogP contribution >= 0.6 is 0 Å². The van der Waals surface area contributed by atoms with Crippen LogP contribution in [0.1, 0.15) is 59.8 Å². The van der Waals surface area contributed by atoms with E-state index in [1.807, 2.05) is 20.8 Å². The largest absolute Gasteiger partial charge is 0.460 e. The smallest absolute Gasteiger partial charge is 0.332 e. The van der Waals surface area contributed by atoms with Crippen LogP contribution in [0.5, 0.6) is 0 Å². The standard InChI is InChI=1S/C21H33NO5/c1-12-5-7-21-8-6-14(24)17(21)20(12,4)15(27-16(25)10-23)9-19(3,11-22)18(26)13(21)2/h11-13,15,17-18,22-23,26H,5-10H2,1-4H3/t12-,13+,15-,17+,18+,19+,20+,21+/m1/s1. The predicted octanol–water partition coefficient (Wildman–Crippen LogP) is 2.35. The molecule has 0 spiro atoms. The maximum atomic E-state index is 13.1. The van der Waals surface area contributed by atoms with Gasteiger partial charge in [0.1, 0.15) is 18.5 Å². The average Bonchev–Trinajstić information content (AvgIpc) is 3.00. The summed E-state index contributed by atoms with van der Waals surface area (Å²) < 4.78 is 5.71. The van der Waals surface area contributed by atoms with Gasteiger partial charge in [0.2, 0.25) is 0 Å². The van der Waals surface area contributed by atoms with Crippen molar-refractivity contribution in [3.05, 3.63) is 0 Å². The quantitative estimate of drug-likeness (QED) is 0.515. The Morgan fingerprint density at radius 2 is 2.00 bits per heavy atom. The van der Waals surface area contributed by atoms with E-state index in [4.69, 9.17) is 10.1 Å². The molecule has 3 fully saturated rings. The van der Waals surface area contributed by atoms with E-state index in [1.54, 1.807) is 0 Å². The first kappa shape index (κ1) is 20.5. The van der Waals surface area contributed by atoms with E-state index in [0.29, 0.717) is 6.42 Å². The molecular formula is C21H33NO5. The van der Waals surface area contributed by atoms with Gasteiger partial charge in [0.05, 0.1) is 6.10 Å². The predicted molar refractivity (Wildman–Crippen MR) is 100 cm³/mol. The number of ketones is 1. The molecule has 8 atom stereocenters. The van der Waals surface area contributed by atoms with Crippen molar-refractivity contribution in [3.63, 3.8) is 0 Å². The third-order valence-corrected chi connectivity index (χ3v) is 8.57. The minimum absolute atomic E-state index is 0.123. The highest BCUT2D eigenvalue weighted by atomic mass is 16.6. The average molecular weight is 379 g/mol. The Morgan fingerprint density at radius 3 is 2.59 bits per heavy atom. The highest BCUT2D eigenvalue weighted by Gasteiger charge is 2.68. The Kier molecular flexibility index (Phi) is 5.05. The Balaban J connectivity index is 2.21. The number of aliphatic hydroxyl groups is 2. The highest BCUT2D eigenvalue weighted by molar-refractivity contribution is 5.86. The molecule has 0 aromatic rings. The lowest BCUT2D eigenvalue weighted by molar-refractivity contribution is -0.205. The summed E-state index contributed by atoms with van der Waals surface area (Å²) >= 11 is 0. The van der Waals surface area contributed by atoms with Gasteiger partial charge in [-0.1, -0.05) is 27.7 Å². The summed E-state index contributed by atoms with van der Waals surface area (Å²) in [5.74, 6) is -0.754. The van der Waals surface area contributed by atoms with Crippen LogP contribution in [0.25, 0.3) is 0 Å². The molecule has 0 aromatic heterocycles. The fraction of sp³-hybridized carbons (Fsp3) is 0.857. The molecule has 3 N–H and O–H groups in total. The normalized spacial score (nSPS) is 49.7. The van der Waals surface area contributed by atoms with Gasteiger partial charge in [0.15, 0.2) is 0 Å². The maximum Gasteiger partial charge on any atom is 0.332 e. The zero-order valence-corrected chi connectivity index (χ0v) is 16.8. The molecule has 0 aromatic carbocycles. The molecular weight excluding hydrogens is 346 g/mol. The molecule has 3 rings (SSSR count). The van der Waals surface area contributed by atoms with Crippen LogP contribution in [0.3, 0.4) is 0 Å². The first-order valence-electron chi connectivity index (χ1n) is 10.1. The molecule has 0 saturated heterocycles. The first-order valence-corrected chi connectivity index (χ1v) is 10.1. The van der Waals surface area contributed by atoms with Gasteiger partial charge < -0.3 is 20.4 Å². The van der Waals surface area contributed by atoms with Crippen molar-refractivity contribution < 1.29 is 24.5 Å². The van der Waals surface area contributed by atoms with Crippen LogP contribution < -0.4 is 0 Å². The Bertz CT molecular complexity index is 650. The molecule has 2 bridgehead atoms. The molecule has 0 amide bonds. The third-order valence-electron chi connectivity index (χ3n) is 8.57. The molecule has 3 saturated carbocycles. The monoisotopic (exact) mass is 379 g/mol. The van der Waals surface area contributed by atoms with E-state index >= 15 is 0 Å². The van der Waals surface area contributed by atoms with E-state index in [1.165, 1.54) is 6.21 Å². The van der Waals surface area contributed by atoms with E-state index in [9.17, 15) is 19.8 Å². The minimum atomic E-state index is -0.859. The summed E-state index contributed by atoms with van der Waals surface area (Å²) in [6.07, 6.45) is 3.13. The number of esters is 1. The van der Waals surface area contributed by atoms with E-state index in [0.717, 1.165) is 19.3 Å². The number of carbonyl (C=O) groups excluding carboxylic acids is 2. The second-order valence-electron chi connectivity index (χ2n) is 9.66. The van der Waals surface area contributed by atoms with Crippen LogP contribution in [0, 0.1) is 39.4 Å². The van der Waals surface area contributed by atoms with E-state index < -0.39 is 35.6 Å². The topological polar surface area (TPSA) is 108 Å². The lowest BCUT2D eigenvalue weighted by Gasteiger charge is -2.61. The molecule has 27 heavy (non-hydrogen) atoms. The van der Waals surface area contributed by atoms with E-state index in [-0.39, 0.29) is 35.4 Å². The molecule has 152 valence electrons. The number of hydrogen-bond acceptors (Lipinski definition) is 6. The van der Waals surface area contributed by atoms with Crippen LogP contribution in [-0.4, -0.2) is 47.0 Å².